The maximum Gasteiger partial charge on any atom is 0.253 e. The zero-order valence-electron chi connectivity index (χ0n) is 9.89. The van der Waals surface area contributed by atoms with E-state index in [1.807, 2.05) is 13.8 Å². The van der Waals surface area contributed by atoms with Crippen LogP contribution in [0.1, 0.15) is 33.1 Å². The molecule has 0 N–H and O–H groups in total. The first-order valence-corrected chi connectivity index (χ1v) is 8.77. The number of sulfonamides is 1. The van der Waals surface area contributed by atoms with Gasteiger partial charge in [-0.25, -0.2) is 8.42 Å². The highest BCUT2D eigenvalue weighted by atomic mass is 79.9. The van der Waals surface area contributed by atoms with Crippen molar-refractivity contribution in [2.75, 3.05) is 0 Å². The number of thiophene rings is 1. The number of piperidine rings is 1. The van der Waals surface area contributed by atoms with Gasteiger partial charge in [0.15, 0.2) is 0 Å². The van der Waals surface area contributed by atoms with Crippen molar-refractivity contribution in [2.45, 2.75) is 49.4 Å². The van der Waals surface area contributed by atoms with Crippen LogP contribution >= 0.6 is 27.3 Å². The lowest BCUT2D eigenvalue weighted by Crippen LogP contribution is -2.47. The Kier molecular flexibility index (Phi) is 3.97. The van der Waals surface area contributed by atoms with E-state index >= 15 is 0 Å². The van der Waals surface area contributed by atoms with Crippen LogP contribution in [0.5, 0.6) is 0 Å². The zero-order chi connectivity index (χ0) is 12.6. The molecular formula is C11H16BrNO2S2. The van der Waals surface area contributed by atoms with Gasteiger partial charge in [-0.2, -0.15) is 4.31 Å². The highest BCUT2D eigenvalue weighted by Crippen LogP contribution is 2.33. The monoisotopic (exact) mass is 337 g/mol. The summed E-state index contributed by atoms with van der Waals surface area (Å²) >= 11 is 4.59. The zero-order valence-corrected chi connectivity index (χ0v) is 13.1. The SMILES string of the molecule is CC1CCCC(C)N1S(=O)(=O)c1ccc(Br)s1. The molecule has 96 valence electrons. The van der Waals surface area contributed by atoms with Crippen LogP contribution in [0.15, 0.2) is 20.1 Å². The molecule has 1 fully saturated rings. The molecule has 2 unspecified atom stereocenters. The number of hydrogen-bond donors (Lipinski definition) is 0. The first-order chi connectivity index (χ1) is 7.93. The Morgan fingerprint density at radius 1 is 1.29 bits per heavy atom. The van der Waals surface area contributed by atoms with Crippen molar-refractivity contribution in [3.8, 4) is 0 Å². The van der Waals surface area contributed by atoms with E-state index in [0.29, 0.717) is 4.21 Å². The Morgan fingerprint density at radius 3 is 2.35 bits per heavy atom. The molecule has 2 atom stereocenters. The van der Waals surface area contributed by atoms with Gasteiger partial charge in [-0.15, -0.1) is 11.3 Å². The van der Waals surface area contributed by atoms with Crippen LogP contribution in [0.25, 0.3) is 0 Å². The van der Waals surface area contributed by atoms with Gasteiger partial charge in [0, 0.05) is 12.1 Å². The van der Waals surface area contributed by atoms with E-state index in [9.17, 15) is 8.42 Å². The molecule has 1 aromatic rings. The van der Waals surface area contributed by atoms with Gasteiger partial charge in [-0.3, -0.25) is 0 Å². The third-order valence-corrected chi connectivity index (χ3v) is 7.41. The van der Waals surface area contributed by atoms with Crippen molar-refractivity contribution in [3.05, 3.63) is 15.9 Å². The molecule has 17 heavy (non-hydrogen) atoms. The summed E-state index contributed by atoms with van der Waals surface area (Å²) in [7, 11) is -3.32. The van der Waals surface area contributed by atoms with Crippen molar-refractivity contribution < 1.29 is 8.42 Å². The highest BCUT2D eigenvalue weighted by molar-refractivity contribution is 9.11. The minimum absolute atomic E-state index is 0.102. The Morgan fingerprint density at radius 2 is 1.88 bits per heavy atom. The molecule has 0 amide bonds. The summed E-state index contributed by atoms with van der Waals surface area (Å²) in [4.78, 5) is 0. The standard InChI is InChI=1S/C11H16BrNO2S2/c1-8-4-3-5-9(2)13(8)17(14,15)11-7-6-10(12)16-11/h6-9H,3-5H2,1-2H3. The molecule has 1 aromatic heterocycles. The molecule has 0 spiro atoms. The van der Waals surface area contributed by atoms with E-state index in [-0.39, 0.29) is 12.1 Å². The maximum atomic E-state index is 12.5. The van der Waals surface area contributed by atoms with Gasteiger partial charge in [-0.05, 0) is 54.8 Å². The fourth-order valence-electron chi connectivity index (χ4n) is 2.41. The van der Waals surface area contributed by atoms with Crippen LogP contribution in [-0.2, 0) is 10.0 Å². The summed E-state index contributed by atoms with van der Waals surface area (Å²) < 4.78 is 28.0. The average molecular weight is 338 g/mol. The molecule has 0 saturated carbocycles. The maximum absolute atomic E-state index is 12.5. The number of hydrogen-bond acceptors (Lipinski definition) is 3. The van der Waals surface area contributed by atoms with Crippen LogP contribution in [0.3, 0.4) is 0 Å². The van der Waals surface area contributed by atoms with E-state index in [1.54, 1.807) is 16.4 Å². The average Bonchev–Trinajstić information content (AvgIpc) is 2.64. The fourth-order valence-corrected chi connectivity index (χ4v) is 6.41. The van der Waals surface area contributed by atoms with E-state index in [2.05, 4.69) is 15.9 Å². The van der Waals surface area contributed by atoms with Crippen LogP contribution in [0.2, 0.25) is 0 Å². The summed E-state index contributed by atoms with van der Waals surface area (Å²) in [6.07, 6.45) is 3.02. The van der Waals surface area contributed by atoms with Crippen molar-refractivity contribution in [2.24, 2.45) is 0 Å². The minimum atomic E-state index is -3.32. The normalized spacial score (nSPS) is 27.2. The first kappa shape index (κ1) is 13.5. The lowest BCUT2D eigenvalue weighted by Gasteiger charge is -2.37. The van der Waals surface area contributed by atoms with E-state index in [4.69, 9.17) is 0 Å². The first-order valence-electron chi connectivity index (χ1n) is 5.72. The Bertz CT molecular complexity index is 487. The van der Waals surface area contributed by atoms with Gasteiger partial charge >= 0.3 is 0 Å². The molecule has 0 aromatic carbocycles. The molecule has 1 aliphatic heterocycles. The molecule has 6 heteroatoms. The van der Waals surface area contributed by atoms with Crippen molar-refractivity contribution >= 4 is 37.3 Å². The van der Waals surface area contributed by atoms with Gasteiger partial charge in [0.2, 0.25) is 0 Å². The smallest absolute Gasteiger partial charge is 0.206 e. The molecule has 2 rings (SSSR count). The van der Waals surface area contributed by atoms with E-state index in [0.717, 1.165) is 23.0 Å². The van der Waals surface area contributed by atoms with Crippen molar-refractivity contribution in [3.63, 3.8) is 0 Å². The fraction of sp³-hybridized carbons (Fsp3) is 0.636. The Labute approximate surface area is 115 Å². The molecule has 1 aliphatic rings. The highest BCUT2D eigenvalue weighted by Gasteiger charge is 2.36. The predicted octanol–water partition coefficient (Wildman–Crippen LogP) is 3.46. The third-order valence-electron chi connectivity index (χ3n) is 3.19. The third kappa shape index (κ3) is 2.59. The summed E-state index contributed by atoms with van der Waals surface area (Å²) in [5.41, 5.74) is 0. The van der Waals surface area contributed by atoms with Crippen LogP contribution < -0.4 is 0 Å². The predicted molar refractivity (Wildman–Crippen MR) is 73.8 cm³/mol. The molecule has 1 saturated heterocycles. The molecule has 0 radical (unpaired) electrons. The van der Waals surface area contributed by atoms with E-state index in [1.165, 1.54) is 11.3 Å². The Balaban J connectivity index is 2.37. The molecule has 2 heterocycles. The van der Waals surface area contributed by atoms with Gasteiger partial charge in [0.25, 0.3) is 10.0 Å². The van der Waals surface area contributed by atoms with Gasteiger partial charge in [0.05, 0.1) is 3.79 Å². The summed E-state index contributed by atoms with van der Waals surface area (Å²) in [6, 6.07) is 3.67. The number of halogens is 1. The topological polar surface area (TPSA) is 37.4 Å². The molecule has 3 nitrogen and oxygen atoms in total. The van der Waals surface area contributed by atoms with Crippen LogP contribution in [0, 0.1) is 0 Å². The quantitative estimate of drug-likeness (QED) is 0.828. The lowest BCUT2D eigenvalue weighted by atomic mass is 10.0. The van der Waals surface area contributed by atoms with Crippen molar-refractivity contribution in [1.29, 1.82) is 0 Å². The number of rotatable bonds is 2. The lowest BCUT2D eigenvalue weighted by molar-refractivity contribution is 0.204. The van der Waals surface area contributed by atoms with Gasteiger partial charge < -0.3 is 0 Å². The summed E-state index contributed by atoms with van der Waals surface area (Å²) in [5, 5.41) is 0. The second-order valence-electron chi connectivity index (χ2n) is 4.52. The van der Waals surface area contributed by atoms with Crippen molar-refractivity contribution in [1.82, 2.24) is 4.31 Å². The summed E-state index contributed by atoms with van der Waals surface area (Å²) in [5.74, 6) is 0. The van der Waals surface area contributed by atoms with Crippen LogP contribution in [-0.4, -0.2) is 24.8 Å². The Hall–Kier alpha value is 0.0900. The molecular weight excluding hydrogens is 322 g/mol. The molecule has 0 aliphatic carbocycles. The molecule has 0 bridgehead atoms. The largest absolute Gasteiger partial charge is 0.253 e. The van der Waals surface area contributed by atoms with Gasteiger partial charge in [-0.1, -0.05) is 6.42 Å². The minimum Gasteiger partial charge on any atom is -0.206 e. The van der Waals surface area contributed by atoms with E-state index < -0.39 is 10.0 Å². The van der Waals surface area contributed by atoms with Crippen LogP contribution in [0.4, 0.5) is 0 Å². The second-order valence-corrected chi connectivity index (χ2v) is 9.06. The summed E-state index contributed by atoms with van der Waals surface area (Å²) in [6.45, 7) is 3.99. The second kappa shape index (κ2) is 4.99. The number of nitrogens with zero attached hydrogens (tertiary/aromatic N) is 1. The van der Waals surface area contributed by atoms with Gasteiger partial charge in [0.1, 0.15) is 4.21 Å².